The molecule has 0 aromatic rings. The first-order valence-electron chi connectivity index (χ1n) is 6.86. The van der Waals surface area contributed by atoms with Gasteiger partial charge in [-0.3, -0.25) is 10.2 Å². The molecule has 1 rings (SSSR count). The average Bonchev–Trinajstić information content (AvgIpc) is 2.41. The van der Waals surface area contributed by atoms with Crippen LogP contribution in [0.5, 0.6) is 0 Å². The van der Waals surface area contributed by atoms with Crippen molar-refractivity contribution in [1.29, 1.82) is 0 Å². The van der Waals surface area contributed by atoms with E-state index in [9.17, 15) is 0 Å². The quantitative estimate of drug-likeness (QED) is 0.206. The van der Waals surface area contributed by atoms with Crippen LogP contribution in [0.2, 0.25) is 0 Å². The lowest BCUT2D eigenvalue weighted by Gasteiger charge is -2.23. The molecule has 9 heteroatoms. The van der Waals surface area contributed by atoms with Crippen molar-refractivity contribution >= 4 is 17.9 Å². The maximum Gasteiger partial charge on any atom is 0.414 e. The Bertz CT molecular complexity index is 329. The topological polar surface area (TPSA) is 148 Å². The normalized spacial score (nSPS) is 16.9. The highest BCUT2D eigenvalue weighted by atomic mass is 16.5. The summed E-state index contributed by atoms with van der Waals surface area (Å²) in [5.74, 6) is -3.55. The number of aliphatic carboxylic acids is 2. The first-order chi connectivity index (χ1) is 9.97. The largest absolute Gasteiger partial charge is 0.473 e. The third-order valence-electron chi connectivity index (χ3n) is 2.94. The van der Waals surface area contributed by atoms with Crippen molar-refractivity contribution in [2.45, 2.75) is 32.1 Å². The molecular weight excluding hydrogens is 280 g/mol. The molecule has 0 amide bonds. The standard InChI is InChI=1S/C10H22N4O.C2H2O4/c11-10(13-15)12-6-9-14-7-4-2-1-3-5-8-14;3-1(4)2(5)6/h15H,1-9H2,(H3,11,12,13);(H,3,4)(H,5,6). The van der Waals surface area contributed by atoms with Crippen LogP contribution in [0.25, 0.3) is 0 Å². The van der Waals surface area contributed by atoms with Crippen LogP contribution in [-0.2, 0) is 9.59 Å². The number of likely N-dealkylation sites (tertiary alicyclic amines) is 1. The summed E-state index contributed by atoms with van der Waals surface area (Å²) in [5.41, 5.74) is 7.15. The second kappa shape index (κ2) is 11.9. The number of aliphatic imine (C=N–C) groups is 1. The molecule has 1 saturated heterocycles. The van der Waals surface area contributed by atoms with Crippen LogP contribution in [0.1, 0.15) is 32.1 Å². The summed E-state index contributed by atoms with van der Waals surface area (Å²) in [6.07, 6.45) is 6.66. The van der Waals surface area contributed by atoms with E-state index in [2.05, 4.69) is 9.89 Å². The number of hydrogen-bond acceptors (Lipinski definition) is 5. The van der Waals surface area contributed by atoms with Crippen molar-refractivity contribution in [1.82, 2.24) is 10.4 Å². The van der Waals surface area contributed by atoms with Gasteiger partial charge in [0.1, 0.15) is 0 Å². The summed E-state index contributed by atoms with van der Waals surface area (Å²) in [4.78, 5) is 24.6. The van der Waals surface area contributed by atoms with Gasteiger partial charge in [0.05, 0.1) is 6.54 Å². The van der Waals surface area contributed by atoms with E-state index in [-0.39, 0.29) is 5.96 Å². The van der Waals surface area contributed by atoms with Gasteiger partial charge in [-0.2, -0.15) is 0 Å². The Morgan fingerprint density at radius 2 is 1.52 bits per heavy atom. The lowest BCUT2D eigenvalue weighted by molar-refractivity contribution is -0.159. The van der Waals surface area contributed by atoms with Crippen LogP contribution in [0.4, 0.5) is 0 Å². The highest BCUT2D eigenvalue weighted by molar-refractivity contribution is 6.27. The van der Waals surface area contributed by atoms with Crippen LogP contribution in [0.15, 0.2) is 4.99 Å². The van der Waals surface area contributed by atoms with Gasteiger partial charge in [0.2, 0.25) is 5.96 Å². The fraction of sp³-hybridized carbons (Fsp3) is 0.750. The fourth-order valence-corrected chi connectivity index (χ4v) is 1.88. The molecule has 0 aliphatic carbocycles. The molecule has 1 aliphatic heterocycles. The van der Waals surface area contributed by atoms with Gasteiger partial charge in [-0.15, -0.1) is 0 Å². The molecule has 6 N–H and O–H groups in total. The fourth-order valence-electron chi connectivity index (χ4n) is 1.88. The molecule has 0 unspecified atom stereocenters. The average molecular weight is 304 g/mol. The number of carboxylic acid groups (broad SMARTS) is 2. The van der Waals surface area contributed by atoms with Crippen LogP contribution >= 0.6 is 0 Å². The van der Waals surface area contributed by atoms with Crippen LogP contribution < -0.4 is 11.2 Å². The van der Waals surface area contributed by atoms with Gasteiger partial charge in [0, 0.05) is 6.54 Å². The van der Waals surface area contributed by atoms with E-state index in [1.165, 1.54) is 45.2 Å². The molecule has 9 nitrogen and oxygen atoms in total. The number of hydroxylamine groups is 1. The second-order valence-corrected chi connectivity index (χ2v) is 4.60. The Morgan fingerprint density at radius 3 is 1.95 bits per heavy atom. The van der Waals surface area contributed by atoms with Gasteiger partial charge in [-0.1, -0.05) is 19.3 Å². The molecule has 0 saturated carbocycles. The van der Waals surface area contributed by atoms with Crippen molar-refractivity contribution in [3.05, 3.63) is 0 Å². The number of hydrogen-bond donors (Lipinski definition) is 5. The number of nitrogens with zero attached hydrogens (tertiary/aromatic N) is 2. The molecule has 1 fully saturated rings. The van der Waals surface area contributed by atoms with Gasteiger partial charge < -0.3 is 20.8 Å². The summed E-state index contributed by atoms with van der Waals surface area (Å²) in [6.45, 7) is 3.92. The maximum absolute atomic E-state index is 9.10. The minimum absolute atomic E-state index is 0.0991. The molecule has 0 spiro atoms. The second-order valence-electron chi connectivity index (χ2n) is 4.60. The van der Waals surface area contributed by atoms with Gasteiger partial charge in [0.15, 0.2) is 0 Å². The van der Waals surface area contributed by atoms with Crippen LogP contribution in [-0.4, -0.2) is 64.4 Å². The third-order valence-corrected chi connectivity index (χ3v) is 2.94. The van der Waals surface area contributed by atoms with Crippen molar-refractivity contribution < 1.29 is 25.0 Å². The Hall–Kier alpha value is -1.87. The van der Waals surface area contributed by atoms with E-state index < -0.39 is 11.9 Å². The van der Waals surface area contributed by atoms with Gasteiger partial charge in [0.25, 0.3) is 0 Å². The van der Waals surface area contributed by atoms with Gasteiger partial charge in [-0.05, 0) is 25.9 Å². The Balaban J connectivity index is 0.000000567. The number of carbonyl (C=O) groups is 2. The Kier molecular flexibility index (Phi) is 10.9. The summed E-state index contributed by atoms with van der Waals surface area (Å²) in [5, 5.41) is 23.2. The van der Waals surface area contributed by atoms with E-state index in [0.717, 1.165) is 6.54 Å². The van der Waals surface area contributed by atoms with Gasteiger partial charge >= 0.3 is 11.9 Å². The van der Waals surface area contributed by atoms with Gasteiger partial charge in [-0.25, -0.2) is 15.1 Å². The van der Waals surface area contributed by atoms with Crippen molar-refractivity contribution in [3.63, 3.8) is 0 Å². The number of guanidine groups is 1. The van der Waals surface area contributed by atoms with E-state index in [0.29, 0.717) is 6.54 Å². The van der Waals surface area contributed by atoms with Crippen molar-refractivity contribution in [2.24, 2.45) is 10.7 Å². The summed E-state index contributed by atoms with van der Waals surface area (Å²) in [6, 6.07) is 0. The molecule has 0 atom stereocenters. The SMILES string of the molecule is NC(=NCCN1CCCCCCC1)NO.O=C(O)C(=O)O. The number of nitrogens with two attached hydrogens (primary N) is 1. The zero-order chi connectivity index (χ0) is 16.1. The van der Waals surface area contributed by atoms with E-state index in [1.807, 2.05) is 5.48 Å². The number of carboxylic acids is 2. The molecular formula is C12H24N4O5. The zero-order valence-corrected chi connectivity index (χ0v) is 12.0. The smallest absolute Gasteiger partial charge is 0.414 e. The van der Waals surface area contributed by atoms with Crippen molar-refractivity contribution in [2.75, 3.05) is 26.2 Å². The maximum atomic E-state index is 9.10. The first kappa shape index (κ1) is 19.1. The minimum Gasteiger partial charge on any atom is -0.473 e. The number of rotatable bonds is 3. The summed E-state index contributed by atoms with van der Waals surface area (Å²) in [7, 11) is 0. The van der Waals surface area contributed by atoms with Crippen LogP contribution in [0, 0.1) is 0 Å². The summed E-state index contributed by atoms with van der Waals surface area (Å²) < 4.78 is 0. The van der Waals surface area contributed by atoms with E-state index >= 15 is 0 Å². The minimum atomic E-state index is -1.82. The molecule has 122 valence electrons. The highest BCUT2D eigenvalue weighted by Gasteiger charge is 2.06. The zero-order valence-electron chi connectivity index (χ0n) is 12.0. The lowest BCUT2D eigenvalue weighted by atomic mass is 10.1. The van der Waals surface area contributed by atoms with E-state index in [1.54, 1.807) is 0 Å². The molecule has 0 aromatic carbocycles. The molecule has 0 radical (unpaired) electrons. The molecule has 1 heterocycles. The lowest BCUT2D eigenvalue weighted by Crippen LogP contribution is -2.32. The molecule has 0 bridgehead atoms. The Labute approximate surface area is 123 Å². The predicted molar refractivity (Wildman–Crippen MR) is 76.2 cm³/mol. The molecule has 21 heavy (non-hydrogen) atoms. The van der Waals surface area contributed by atoms with E-state index in [4.69, 9.17) is 30.7 Å². The number of nitrogens with one attached hydrogen (secondary N) is 1. The molecule has 1 aliphatic rings. The molecule has 0 aromatic heterocycles. The van der Waals surface area contributed by atoms with Crippen molar-refractivity contribution in [3.8, 4) is 0 Å². The predicted octanol–water partition coefficient (Wildman–Crippen LogP) is -0.298. The third kappa shape index (κ3) is 11.6. The summed E-state index contributed by atoms with van der Waals surface area (Å²) >= 11 is 0. The first-order valence-corrected chi connectivity index (χ1v) is 6.86. The highest BCUT2D eigenvalue weighted by Crippen LogP contribution is 2.09. The van der Waals surface area contributed by atoms with Crippen LogP contribution in [0.3, 0.4) is 0 Å². The Morgan fingerprint density at radius 1 is 1.05 bits per heavy atom. The monoisotopic (exact) mass is 304 g/mol.